The van der Waals surface area contributed by atoms with Gasteiger partial charge in [-0.25, -0.2) is 8.42 Å². The Labute approximate surface area is 109 Å². The van der Waals surface area contributed by atoms with E-state index in [1.54, 1.807) is 6.92 Å². The van der Waals surface area contributed by atoms with Crippen LogP contribution in [-0.2, 0) is 14.6 Å². The summed E-state index contributed by atoms with van der Waals surface area (Å²) in [4.78, 5) is 13.7. The van der Waals surface area contributed by atoms with Crippen molar-refractivity contribution in [3.05, 3.63) is 0 Å². The lowest BCUT2D eigenvalue weighted by atomic mass is 10.0. The van der Waals surface area contributed by atoms with E-state index >= 15 is 0 Å². The van der Waals surface area contributed by atoms with Crippen LogP contribution in [-0.4, -0.2) is 55.9 Å². The third-order valence-electron chi connectivity index (χ3n) is 3.85. The lowest BCUT2D eigenvalue weighted by Crippen LogP contribution is -2.52. The molecule has 5 nitrogen and oxygen atoms in total. The van der Waals surface area contributed by atoms with Crippen molar-refractivity contribution in [3.8, 4) is 0 Å². The lowest BCUT2D eigenvalue weighted by molar-refractivity contribution is -0.121. The topological polar surface area (TPSA) is 66.5 Å². The van der Waals surface area contributed by atoms with Gasteiger partial charge in [-0.3, -0.25) is 9.69 Å². The summed E-state index contributed by atoms with van der Waals surface area (Å²) in [5.74, 6) is 0.237. The Hall–Kier alpha value is -0.620. The Balaban J connectivity index is 2.07. The first-order chi connectivity index (χ1) is 8.52. The summed E-state index contributed by atoms with van der Waals surface area (Å²) in [5, 5.41) is 2.87. The van der Waals surface area contributed by atoms with Crippen molar-refractivity contribution in [1.29, 1.82) is 0 Å². The van der Waals surface area contributed by atoms with Gasteiger partial charge in [0.05, 0.1) is 17.5 Å². The van der Waals surface area contributed by atoms with Crippen molar-refractivity contribution in [3.63, 3.8) is 0 Å². The molecule has 2 atom stereocenters. The molecular weight excluding hydrogens is 252 g/mol. The molecule has 0 radical (unpaired) electrons. The van der Waals surface area contributed by atoms with E-state index < -0.39 is 9.84 Å². The zero-order valence-corrected chi connectivity index (χ0v) is 11.7. The number of carbonyl (C=O) groups excluding carboxylic acids is 1. The molecule has 2 aliphatic rings. The van der Waals surface area contributed by atoms with Crippen molar-refractivity contribution in [2.75, 3.05) is 24.6 Å². The van der Waals surface area contributed by atoms with Gasteiger partial charge < -0.3 is 5.32 Å². The van der Waals surface area contributed by atoms with Gasteiger partial charge in [-0.15, -0.1) is 0 Å². The quantitative estimate of drug-likeness (QED) is 0.796. The Kier molecular flexibility index (Phi) is 4.27. The van der Waals surface area contributed by atoms with E-state index in [9.17, 15) is 13.2 Å². The maximum atomic E-state index is 11.8. The first-order valence-electron chi connectivity index (χ1n) is 6.75. The first-order valence-corrected chi connectivity index (χ1v) is 8.58. The van der Waals surface area contributed by atoms with Crippen LogP contribution in [0, 0.1) is 0 Å². The molecule has 0 saturated carbocycles. The fraction of sp³-hybridized carbons (Fsp3) is 0.917. The van der Waals surface area contributed by atoms with Crippen molar-refractivity contribution >= 4 is 15.7 Å². The molecule has 0 aliphatic carbocycles. The molecule has 2 fully saturated rings. The maximum Gasteiger partial charge on any atom is 0.220 e. The summed E-state index contributed by atoms with van der Waals surface area (Å²) in [6.45, 7) is 3.70. The second-order valence-electron chi connectivity index (χ2n) is 5.27. The zero-order chi connectivity index (χ0) is 13.2. The minimum absolute atomic E-state index is 0.0224. The van der Waals surface area contributed by atoms with E-state index in [4.69, 9.17) is 0 Å². The highest BCUT2D eigenvalue weighted by molar-refractivity contribution is 7.91. The van der Waals surface area contributed by atoms with E-state index in [-0.39, 0.29) is 29.5 Å². The summed E-state index contributed by atoms with van der Waals surface area (Å²) in [7, 11) is -3.00. The Morgan fingerprint density at radius 2 is 1.89 bits per heavy atom. The molecule has 0 aromatic carbocycles. The van der Waals surface area contributed by atoms with E-state index in [1.807, 2.05) is 0 Å². The van der Waals surface area contributed by atoms with E-state index in [2.05, 4.69) is 10.2 Å². The molecule has 6 heteroatoms. The minimum atomic E-state index is -3.00. The molecule has 2 aliphatic heterocycles. The van der Waals surface area contributed by atoms with Crippen molar-refractivity contribution in [2.45, 2.75) is 44.7 Å². The van der Waals surface area contributed by atoms with Gasteiger partial charge in [0.15, 0.2) is 9.84 Å². The number of nitrogens with zero attached hydrogens (tertiary/aromatic N) is 1. The fourth-order valence-corrected chi connectivity index (χ4v) is 4.84. The smallest absolute Gasteiger partial charge is 0.220 e. The molecule has 0 spiro atoms. The average Bonchev–Trinajstić information content (AvgIpc) is 2.65. The Morgan fingerprint density at radius 1 is 1.22 bits per heavy atom. The van der Waals surface area contributed by atoms with Crippen LogP contribution in [0.1, 0.15) is 32.6 Å². The van der Waals surface area contributed by atoms with Crippen molar-refractivity contribution in [2.24, 2.45) is 0 Å². The predicted molar refractivity (Wildman–Crippen MR) is 70.1 cm³/mol. The van der Waals surface area contributed by atoms with Gasteiger partial charge in [-0.05, 0) is 25.9 Å². The van der Waals surface area contributed by atoms with Crippen LogP contribution in [0.4, 0.5) is 0 Å². The summed E-state index contributed by atoms with van der Waals surface area (Å²) < 4.78 is 23.6. The van der Waals surface area contributed by atoms with Gasteiger partial charge in [0.2, 0.25) is 5.91 Å². The van der Waals surface area contributed by atoms with Crippen LogP contribution < -0.4 is 5.32 Å². The minimum Gasteiger partial charge on any atom is -0.351 e. The second-order valence-corrected chi connectivity index (χ2v) is 7.42. The standard InChI is InChI=1S/C12H22N2O3S/c1-2-12(15)13-10-8-18(16,17)9-11(10)14-6-4-3-5-7-14/h10-11H,2-9H2,1H3,(H,13,15). The van der Waals surface area contributed by atoms with Crippen LogP contribution in [0.15, 0.2) is 0 Å². The van der Waals surface area contributed by atoms with Gasteiger partial charge in [0.25, 0.3) is 0 Å². The first kappa shape index (κ1) is 13.8. The molecule has 2 heterocycles. The largest absolute Gasteiger partial charge is 0.351 e. The van der Waals surface area contributed by atoms with Crippen LogP contribution in [0.3, 0.4) is 0 Å². The lowest BCUT2D eigenvalue weighted by Gasteiger charge is -2.34. The molecule has 0 aromatic rings. The summed E-state index contributed by atoms with van der Waals surface area (Å²) in [6, 6.07) is -0.244. The number of carbonyl (C=O) groups is 1. The molecular formula is C12H22N2O3S. The highest BCUT2D eigenvalue weighted by Gasteiger charge is 2.41. The van der Waals surface area contributed by atoms with Crippen molar-refractivity contribution < 1.29 is 13.2 Å². The third kappa shape index (κ3) is 3.23. The number of hydrogen-bond donors (Lipinski definition) is 1. The number of amides is 1. The molecule has 0 bridgehead atoms. The number of likely N-dealkylation sites (tertiary alicyclic amines) is 1. The number of nitrogens with one attached hydrogen (secondary N) is 1. The van der Waals surface area contributed by atoms with Gasteiger partial charge >= 0.3 is 0 Å². The normalized spacial score (nSPS) is 32.3. The molecule has 1 amide bonds. The molecule has 18 heavy (non-hydrogen) atoms. The molecule has 2 rings (SSSR count). The molecule has 2 saturated heterocycles. The van der Waals surface area contributed by atoms with Crippen LogP contribution >= 0.6 is 0 Å². The number of hydrogen-bond acceptors (Lipinski definition) is 4. The van der Waals surface area contributed by atoms with Gasteiger partial charge in [-0.1, -0.05) is 13.3 Å². The molecule has 2 unspecified atom stereocenters. The fourth-order valence-electron chi connectivity index (χ4n) is 2.89. The zero-order valence-electron chi connectivity index (χ0n) is 10.9. The van der Waals surface area contributed by atoms with Crippen molar-refractivity contribution in [1.82, 2.24) is 10.2 Å². The second kappa shape index (κ2) is 5.57. The molecule has 0 aromatic heterocycles. The van der Waals surface area contributed by atoms with Gasteiger partial charge in [0, 0.05) is 12.5 Å². The Bertz CT molecular complexity index is 402. The van der Waals surface area contributed by atoms with Crippen LogP contribution in [0.2, 0.25) is 0 Å². The third-order valence-corrected chi connectivity index (χ3v) is 5.57. The maximum absolute atomic E-state index is 11.8. The number of piperidine rings is 1. The number of sulfone groups is 1. The Morgan fingerprint density at radius 3 is 2.50 bits per heavy atom. The number of rotatable bonds is 3. The SMILES string of the molecule is CCC(=O)NC1CS(=O)(=O)CC1N1CCCCC1. The highest BCUT2D eigenvalue weighted by Crippen LogP contribution is 2.22. The monoisotopic (exact) mass is 274 g/mol. The summed E-state index contributed by atoms with van der Waals surface area (Å²) >= 11 is 0. The molecule has 104 valence electrons. The van der Waals surface area contributed by atoms with Crippen LogP contribution in [0.25, 0.3) is 0 Å². The predicted octanol–water partition coefficient (Wildman–Crippen LogP) is 0.164. The molecule has 1 N–H and O–H groups in total. The van der Waals surface area contributed by atoms with Gasteiger partial charge in [0.1, 0.15) is 0 Å². The summed E-state index contributed by atoms with van der Waals surface area (Å²) in [6.07, 6.45) is 3.89. The van der Waals surface area contributed by atoms with E-state index in [0.717, 1.165) is 25.9 Å². The van der Waals surface area contributed by atoms with E-state index in [1.165, 1.54) is 6.42 Å². The average molecular weight is 274 g/mol. The van der Waals surface area contributed by atoms with E-state index in [0.29, 0.717) is 6.42 Å². The van der Waals surface area contributed by atoms with Gasteiger partial charge in [-0.2, -0.15) is 0 Å². The highest BCUT2D eigenvalue weighted by atomic mass is 32.2. The van der Waals surface area contributed by atoms with Crippen LogP contribution in [0.5, 0.6) is 0 Å². The summed E-state index contributed by atoms with van der Waals surface area (Å²) in [5.41, 5.74) is 0.